The molecule has 0 aliphatic rings. The van der Waals surface area contributed by atoms with Gasteiger partial charge in [-0.25, -0.2) is 0 Å². The molecule has 0 aromatic heterocycles. The van der Waals surface area contributed by atoms with Crippen molar-refractivity contribution in [3.63, 3.8) is 0 Å². The maximum Gasteiger partial charge on any atom is 0.306 e. The van der Waals surface area contributed by atoms with Crippen LogP contribution in [0.4, 0.5) is 0 Å². The van der Waals surface area contributed by atoms with Crippen LogP contribution >= 0.6 is 0 Å². The van der Waals surface area contributed by atoms with Gasteiger partial charge in [-0.3, -0.25) is 9.59 Å². The van der Waals surface area contributed by atoms with Crippen molar-refractivity contribution in [3.05, 3.63) is 0 Å². The normalized spacial score (nSPS) is 12.0. The zero-order valence-corrected chi connectivity index (χ0v) is 18.2. The fourth-order valence-corrected chi connectivity index (χ4v) is 3.07. The quantitative estimate of drug-likeness (QED) is 0.183. The van der Waals surface area contributed by atoms with Crippen LogP contribution in [0, 0.1) is 0 Å². The first-order chi connectivity index (χ1) is 13.1. The summed E-state index contributed by atoms with van der Waals surface area (Å²) in [5.74, 6) is -0.0950. The van der Waals surface area contributed by atoms with E-state index in [0.717, 1.165) is 77.0 Å². The first-order valence-corrected chi connectivity index (χ1v) is 11.5. The van der Waals surface area contributed by atoms with Gasteiger partial charge in [0.05, 0.1) is 6.61 Å². The molecule has 0 N–H and O–H groups in total. The lowest BCUT2D eigenvalue weighted by Crippen LogP contribution is -2.17. The molecule has 160 valence electrons. The van der Waals surface area contributed by atoms with Gasteiger partial charge in [0, 0.05) is 12.8 Å². The monoisotopic (exact) mass is 384 g/mol. The molecule has 0 saturated heterocycles. The van der Waals surface area contributed by atoms with Crippen molar-refractivity contribution in [3.8, 4) is 0 Å². The van der Waals surface area contributed by atoms with Gasteiger partial charge in [0.25, 0.3) is 0 Å². The third kappa shape index (κ3) is 18.1. The van der Waals surface area contributed by atoms with Crippen LogP contribution in [0.3, 0.4) is 0 Å². The number of hydrogen-bond donors (Lipinski definition) is 0. The van der Waals surface area contributed by atoms with E-state index in [1.54, 1.807) is 0 Å². The number of ether oxygens (including phenoxy) is 2. The average molecular weight is 385 g/mol. The van der Waals surface area contributed by atoms with E-state index in [9.17, 15) is 9.59 Å². The fraction of sp³-hybridized carbons (Fsp3) is 0.913. The molecular formula is C23H44O4. The third-order valence-corrected chi connectivity index (χ3v) is 4.91. The summed E-state index contributed by atoms with van der Waals surface area (Å²) in [6.07, 6.45) is 16.1. The Morgan fingerprint density at radius 1 is 0.667 bits per heavy atom. The Balaban J connectivity index is 3.47. The van der Waals surface area contributed by atoms with Crippen molar-refractivity contribution < 1.29 is 19.1 Å². The highest BCUT2D eigenvalue weighted by atomic mass is 16.5. The smallest absolute Gasteiger partial charge is 0.306 e. The van der Waals surface area contributed by atoms with Gasteiger partial charge in [-0.2, -0.15) is 0 Å². The topological polar surface area (TPSA) is 52.6 Å². The lowest BCUT2D eigenvalue weighted by atomic mass is 10.1. The van der Waals surface area contributed by atoms with Crippen LogP contribution in [0.15, 0.2) is 0 Å². The second-order valence-corrected chi connectivity index (χ2v) is 7.56. The molecule has 4 nitrogen and oxygen atoms in total. The van der Waals surface area contributed by atoms with Crippen molar-refractivity contribution in [2.45, 2.75) is 130 Å². The van der Waals surface area contributed by atoms with Crippen molar-refractivity contribution in [1.82, 2.24) is 0 Å². The Morgan fingerprint density at radius 2 is 1.22 bits per heavy atom. The van der Waals surface area contributed by atoms with E-state index < -0.39 is 0 Å². The molecule has 1 unspecified atom stereocenters. The van der Waals surface area contributed by atoms with Gasteiger partial charge >= 0.3 is 11.9 Å². The lowest BCUT2D eigenvalue weighted by molar-refractivity contribution is -0.149. The van der Waals surface area contributed by atoms with Crippen molar-refractivity contribution in [2.75, 3.05) is 6.61 Å². The lowest BCUT2D eigenvalue weighted by Gasteiger charge is -2.16. The molecule has 1 atom stereocenters. The first-order valence-electron chi connectivity index (χ1n) is 11.5. The average Bonchev–Trinajstić information content (AvgIpc) is 2.66. The molecular weight excluding hydrogens is 340 g/mol. The van der Waals surface area contributed by atoms with Crippen LogP contribution in [0.5, 0.6) is 0 Å². The van der Waals surface area contributed by atoms with Crippen LogP contribution in [-0.4, -0.2) is 24.6 Å². The van der Waals surface area contributed by atoms with Gasteiger partial charge in [-0.15, -0.1) is 0 Å². The summed E-state index contributed by atoms with van der Waals surface area (Å²) in [5, 5.41) is 0. The van der Waals surface area contributed by atoms with E-state index in [1.807, 2.05) is 0 Å². The molecule has 0 spiro atoms. The number of esters is 2. The molecule has 0 radical (unpaired) electrons. The Labute approximate surface area is 167 Å². The van der Waals surface area contributed by atoms with E-state index in [1.165, 1.54) is 12.8 Å². The fourth-order valence-electron chi connectivity index (χ4n) is 3.07. The van der Waals surface area contributed by atoms with E-state index in [-0.39, 0.29) is 18.0 Å². The Hall–Kier alpha value is -1.06. The maximum absolute atomic E-state index is 11.9. The van der Waals surface area contributed by atoms with E-state index in [2.05, 4.69) is 20.8 Å². The summed E-state index contributed by atoms with van der Waals surface area (Å²) in [6, 6.07) is 0. The van der Waals surface area contributed by atoms with E-state index in [4.69, 9.17) is 9.47 Å². The molecule has 4 heteroatoms. The minimum atomic E-state index is -0.0572. The van der Waals surface area contributed by atoms with E-state index in [0.29, 0.717) is 19.4 Å². The molecule has 0 bridgehead atoms. The van der Waals surface area contributed by atoms with Gasteiger partial charge in [0.2, 0.25) is 0 Å². The molecule has 0 aromatic carbocycles. The number of rotatable bonds is 19. The highest BCUT2D eigenvalue weighted by Gasteiger charge is 2.11. The minimum Gasteiger partial charge on any atom is -0.466 e. The summed E-state index contributed by atoms with van der Waals surface area (Å²) in [7, 11) is 0. The van der Waals surface area contributed by atoms with E-state index >= 15 is 0 Å². The van der Waals surface area contributed by atoms with Gasteiger partial charge < -0.3 is 9.47 Å². The highest BCUT2D eigenvalue weighted by molar-refractivity contribution is 5.69. The predicted molar refractivity (Wildman–Crippen MR) is 112 cm³/mol. The maximum atomic E-state index is 11.9. The number of unbranched alkanes of at least 4 members (excludes halogenated alkanes) is 9. The Kier molecular flexibility index (Phi) is 18.9. The summed E-state index contributed by atoms with van der Waals surface area (Å²) >= 11 is 0. The van der Waals surface area contributed by atoms with Crippen LogP contribution in [0.2, 0.25) is 0 Å². The van der Waals surface area contributed by atoms with Crippen LogP contribution < -0.4 is 0 Å². The Bertz CT molecular complexity index is 354. The molecule has 27 heavy (non-hydrogen) atoms. The van der Waals surface area contributed by atoms with Crippen LogP contribution in [0.25, 0.3) is 0 Å². The zero-order valence-electron chi connectivity index (χ0n) is 18.2. The van der Waals surface area contributed by atoms with Gasteiger partial charge in [0.15, 0.2) is 0 Å². The summed E-state index contributed by atoms with van der Waals surface area (Å²) in [4.78, 5) is 23.4. The largest absolute Gasteiger partial charge is 0.466 e. The number of hydrogen-bond acceptors (Lipinski definition) is 4. The SMILES string of the molecule is CCCCCOC(=O)CCCCCCCCC(=O)OC(CC)CCCCC. The van der Waals surface area contributed by atoms with Crippen LogP contribution in [-0.2, 0) is 19.1 Å². The minimum absolute atomic E-state index is 0.0378. The molecule has 0 aliphatic carbocycles. The summed E-state index contributed by atoms with van der Waals surface area (Å²) in [6.45, 7) is 6.99. The molecule has 0 aliphatic heterocycles. The predicted octanol–water partition coefficient (Wildman–Crippen LogP) is 6.74. The van der Waals surface area contributed by atoms with Gasteiger partial charge in [-0.05, 0) is 38.5 Å². The first kappa shape index (κ1) is 25.9. The summed E-state index contributed by atoms with van der Waals surface area (Å²) in [5.41, 5.74) is 0. The van der Waals surface area contributed by atoms with Crippen molar-refractivity contribution >= 4 is 11.9 Å². The molecule has 0 rings (SSSR count). The molecule has 0 saturated carbocycles. The van der Waals surface area contributed by atoms with Crippen LogP contribution in [0.1, 0.15) is 124 Å². The standard InChI is InChI=1S/C23H44O4/c1-4-7-13-17-21(6-3)27-23(25)19-15-12-10-9-11-14-18-22(24)26-20-16-8-5-2/h21H,4-20H2,1-3H3. The number of carbonyl (C=O) groups excluding carboxylic acids is 2. The molecule has 0 amide bonds. The second-order valence-electron chi connectivity index (χ2n) is 7.56. The van der Waals surface area contributed by atoms with Gasteiger partial charge in [0.1, 0.15) is 6.10 Å². The van der Waals surface area contributed by atoms with Crippen molar-refractivity contribution in [2.24, 2.45) is 0 Å². The second kappa shape index (κ2) is 19.7. The molecule has 0 aromatic rings. The highest BCUT2D eigenvalue weighted by Crippen LogP contribution is 2.13. The molecule has 0 heterocycles. The van der Waals surface area contributed by atoms with Crippen molar-refractivity contribution in [1.29, 1.82) is 0 Å². The number of carbonyl (C=O) groups is 2. The Morgan fingerprint density at radius 3 is 1.81 bits per heavy atom. The summed E-state index contributed by atoms with van der Waals surface area (Å²) < 4.78 is 10.8. The van der Waals surface area contributed by atoms with Gasteiger partial charge in [-0.1, -0.05) is 72.1 Å². The third-order valence-electron chi connectivity index (χ3n) is 4.91. The molecule has 0 fully saturated rings. The zero-order chi connectivity index (χ0) is 20.2.